The summed E-state index contributed by atoms with van der Waals surface area (Å²) in [6.07, 6.45) is 0. The third kappa shape index (κ3) is 4.08. The molecule has 0 radical (unpaired) electrons. The van der Waals surface area contributed by atoms with Crippen LogP contribution < -0.4 is 0 Å². The average molecular weight is 391 g/mol. The first-order valence-corrected chi connectivity index (χ1v) is 4.46. The molecule has 0 spiro atoms. The zero-order chi connectivity index (χ0) is 5.15. The molecule has 0 aliphatic heterocycles. The molecular formula is C2Br3I. The number of halogens is 4. The summed E-state index contributed by atoms with van der Waals surface area (Å²) in [5.41, 5.74) is 0. The molecule has 0 amide bonds. The van der Waals surface area contributed by atoms with Gasteiger partial charge >= 0.3 is 0 Å². The van der Waals surface area contributed by atoms with E-state index in [1.54, 1.807) is 0 Å². The molecule has 0 nitrogen and oxygen atoms in total. The van der Waals surface area contributed by atoms with Crippen molar-refractivity contribution >= 4 is 70.4 Å². The zero-order valence-corrected chi connectivity index (χ0v) is 9.43. The zero-order valence-electron chi connectivity index (χ0n) is 2.51. The van der Waals surface area contributed by atoms with Gasteiger partial charge in [-0.15, -0.1) is 0 Å². The van der Waals surface area contributed by atoms with Crippen LogP contribution in [0.3, 0.4) is 0 Å². The summed E-state index contributed by atoms with van der Waals surface area (Å²) in [5.74, 6) is 0. The third-order valence-corrected chi connectivity index (χ3v) is 4.42. The van der Waals surface area contributed by atoms with Gasteiger partial charge in [0, 0.05) is 0 Å². The number of rotatable bonds is 0. The Morgan fingerprint density at radius 1 is 1.17 bits per heavy atom. The second-order valence-electron chi connectivity index (χ2n) is 0.521. The Balaban J connectivity index is 3.68. The second kappa shape index (κ2) is 3.86. The minimum atomic E-state index is 0.954. The van der Waals surface area contributed by atoms with Gasteiger partial charge in [0.2, 0.25) is 0 Å². The Labute approximate surface area is 75.3 Å². The van der Waals surface area contributed by atoms with Crippen LogP contribution in [-0.4, -0.2) is 0 Å². The standard InChI is InChI=1S/C2Br3I/c3-1(4)2(5)6. The summed E-state index contributed by atoms with van der Waals surface area (Å²) < 4.78 is 2.00. The van der Waals surface area contributed by atoms with E-state index in [2.05, 4.69) is 70.4 Å². The summed E-state index contributed by atoms with van der Waals surface area (Å²) in [7, 11) is 0. The normalized spacial score (nSPS) is 8.00. The molecule has 0 fully saturated rings. The quantitative estimate of drug-likeness (QED) is 0.553. The van der Waals surface area contributed by atoms with Crippen LogP contribution in [0, 0.1) is 0 Å². The van der Waals surface area contributed by atoms with Crippen LogP contribution >= 0.6 is 70.4 Å². The Bertz CT molecular complexity index is 58.9. The van der Waals surface area contributed by atoms with Crippen LogP contribution in [-0.2, 0) is 0 Å². The van der Waals surface area contributed by atoms with Crippen molar-refractivity contribution in [3.05, 3.63) is 5.88 Å². The van der Waals surface area contributed by atoms with Gasteiger partial charge in [0.25, 0.3) is 0 Å². The fraction of sp³-hybridized carbons (Fsp3) is 0. The van der Waals surface area contributed by atoms with Gasteiger partial charge in [-0.2, -0.15) is 0 Å². The van der Waals surface area contributed by atoms with Crippen molar-refractivity contribution in [2.45, 2.75) is 0 Å². The fourth-order valence-corrected chi connectivity index (χ4v) is 0. The minimum Gasteiger partial charge on any atom is -0.0418 e. The van der Waals surface area contributed by atoms with Crippen LogP contribution in [0.1, 0.15) is 0 Å². The molecule has 0 atom stereocenters. The molecule has 0 saturated heterocycles. The lowest BCUT2D eigenvalue weighted by molar-refractivity contribution is 2.53. The van der Waals surface area contributed by atoms with Gasteiger partial charge in [0.1, 0.15) is 0 Å². The second-order valence-corrected chi connectivity index (χ2v) is 6.53. The van der Waals surface area contributed by atoms with Crippen molar-refractivity contribution < 1.29 is 0 Å². The van der Waals surface area contributed by atoms with E-state index >= 15 is 0 Å². The maximum atomic E-state index is 3.21. The SMILES string of the molecule is BrC(Br)=C(Br)I. The minimum absolute atomic E-state index is 0.954. The molecule has 0 aliphatic carbocycles. The molecule has 0 aromatic rings. The monoisotopic (exact) mass is 388 g/mol. The Morgan fingerprint density at radius 3 is 1.33 bits per heavy atom. The van der Waals surface area contributed by atoms with Gasteiger partial charge in [-0.05, 0) is 70.4 Å². The molecule has 0 rings (SSSR count). The van der Waals surface area contributed by atoms with Gasteiger partial charge in [0.05, 0.1) is 5.88 Å². The first-order valence-electron chi connectivity index (χ1n) is 1.01. The van der Waals surface area contributed by atoms with Gasteiger partial charge in [-0.1, -0.05) is 0 Å². The Hall–Kier alpha value is 1.91. The van der Waals surface area contributed by atoms with Crippen molar-refractivity contribution in [1.29, 1.82) is 0 Å². The molecule has 0 unspecified atom stereocenters. The predicted octanol–water partition coefficient (Wildman–Crippen LogP) is 3.73. The van der Waals surface area contributed by atoms with Gasteiger partial charge in [-0.3, -0.25) is 0 Å². The van der Waals surface area contributed by atoms with Gasteiger partial charge in [0.15, 0.2) is 0 Å². The van der Waals surface area contributed by atoms with Crippen LogP contribution in [0.15, 0.2) is 5.88 Å². The topological polar surface area (TPSA) is 0 Å². The van der Waals surface area contributed by atoms with Gasteiger partial charge < -0.3 is 0 Å². The molecule has 36 valence electrons. The van der Waals surface area contributed by atoms with Crippen LogP contribution in [0.5, 0.6) is 0 Å². The molecule has 0 saturated carbocycles. The first kappa shape index (κ1) is 7.91. The highest BCUT2D eigenvalue weighted by molar-refractivity contribution is 14.1. The van der Waals surface area contributed by atoms with Crippen molar-refractivity contribution in [2.75, 3.05) is 0 Å². The van der Waals surface area contributed by atoms with Crippen LogP contribution in [0.2, 0.25) is 0 Å². The fourth-order valence-electron chi connectivity index (χ4n) is 0. The van der Waals surface area contributed by atoms with Crippen molar-refractivity contribution in [3.8, 4) is 0 Å². The van der Waals surface area contributed by atoms with E-state index in [0.29, 0.717) is 0 Å². The van der Waals surface area contributed by atoms with Crippen molar-refractivity contribution in [2.24, 2.45) is 0 Å². The molecular weight excluding hydrogens is 391 g/mol. The molecule has 0 bridgehead atoms. The maximum Gasteiger partial charge on any atom is 0.0807 e. The van der Waals surface area contributed by atoms with E-state index in [0.717, 1.165) is 5.88 Å². The molecule has 0 heterocycles. The predicted molar refractivity (Wildman–Crippen MR) is 47.8 cm³/mol. The largest absolute Gasteiger partial charge is 0.0807 e. The molecule has 6 heavy (non-hydrogen) atoms. The lowest BCUT2D eigenvalue weighted by atomic mass is 11.3. The highest BCUT2D eigenvalue weighted by Crippen LogP contribution is 2.28. The van der Waals surface area contributed by atoms with E-state index < -0.39 is 0 Å². The van der Waals surface area contributed by atoms with Crippen LogP contribution in [0.4, 0.5) is 0 Å². The van der Waals surface area contributed by atoms with Crippen molar-refractivity contribution in [3.63, 3.8) is 0 Å². The Kier molecular flexibility index (Phi) is 5.09. The van der Waals surface area contributed by atoms with Gasteiger partial charge in [-0.25, -0.2) is 0 Å². The molecule has 4 heteroatoms. The summed E-state index contributed by atoms with van der Waals surface area (Å²) in [5, 5.41) is 0. The smallest absolute Gasteiger partial charge is 0.0418 e. The number of hydrogen-bond acceptors (Lipinski definition) is 0. The molecule has 0 aromatic carbocycles. The average Bonchev–Trinajstić information content (AvgIpc) is 1.36. The highest BCUT2D eigenvalue weighted by Gasteiger charge is 1.85. The van der Waals surface area contributed by atoms with E-state index in [1.165, 1.54) is 0 Å². The lowest BCUT2D eigenvalue weighted by Crippen LogP contribution is -1.43. The van der Waals surface area contributed by atoms with Crippen molar-refractivity contribution in [1.82, 2.24) is 0 Å². The summed E-state index contributed by atoms with van der Waals surface area (Å²) in [6, 6.07) is 0. The Morgan fingerprint density at radius 2 is 1.33 bits per heavy atom. The summed E-state index contributed by atoms with van der Waals surface area (Å²) in [4.78, 5) is 0. The molecule has 0 N–H and O–H groups in total. The van der Waals surface area contributed by atoms with E-state index in [4.69, 9.17) is 0 Å². The lowest BCUT2D eigenvalue weighted by Gasteiger charge is -1.78. The van der Waals surface area contributed by atoms with Crippen LogP contribution in [0.25, 0.3) is 0 Å². The molecule has 0 aromatic heterocycles. The van der Waals surface area contributed by atoms with E-state index in [-0.39, 0.29) is 0 Å². The summed E-state index contributed by atoms with van der Waals surface area (Å²) >= 11 is 11.7. The first-order chi connectivity index (χ1) is 2.64. The maximum absolute atomic E-state index is 3.21. The third-order valence-electron chi connectivity index (χ3n) is 0.143. The molecule has 0 aliphatic rings. The summed E-state index contributed by atoms with van der Waals surface area (Å²) in [6.45, 7) is 0. The number of hydrogen-bond donors (Lipinski definition) is 0. The van der Waals surface area contributed by atoms with E-state index in [1.807, 2.05) is 0 Å². The highest BCUT2D eigenvalue weighted by atomic mass is 127. The van der Waals surface area contributed by atoms with E-state index in [9.17, 15) is 0 Å².